The minimum atomic E-state index is -0.364. The Kier molecular flexibility index (Phi) is 7.25. The van der Waals surface area contributed by atoms with Gasteiger partial charge in [0.25, 0.3) is 5.56 Å². The van der Waals surface area contributed by atoms with Crippen LogP contribution in [0.4, 0.5) is 0 Å². The Labute approximate surface area is 167 Å². The minimum absolute atomic E-state index is 0.0519. The van der Waals surface area contributed by atoms with Gasteiger partial charge in [-0.25, -0.2) is 4.68 Å². The fourth-order valence-corrected chi connectivity index (χ4v) is 4.51. The molecular formula is C20H33ClN2O2S. The third-order valence-electron chi connectivity index (χ3n) is 4.72. The maximum atomic E-state index is 12.4. The van der Waals surface area contributed by atoms with Crippen LogP contribution in [0.25, 0.3) is 0 Å². The summed E-state index contributed by atoms with van der Waals surface area (Å²) in [6, 6.07) is 0. The molecule has 0 spiro atoms. The van der Waals surface area contributed by atoms with Crippen LogP contribution in [-0.2, 0) is 10.3 Å². The first-order valence-corrected chi connectivity index (χ1v) is 10.9. The highest BCUT2D eigenvalue weighted by Gasteiger charge is 2.24. The van der Waals surface area contributed by atoms with Crippen LogP contribution < -0.4 is 5.56 Å². The average molecular weight is 401 g/mol. The first kappa shape index (κ1) is 21.8. The van der Waals surface area contributed by atoms with Crippen LogP contribution in [0.2, 0.25) is 5.02 Å². The number of hydrogen-bond acceptors (Lipinski definition) is 4. The SMILES string of the molecule is CC(C)(C)OCC1CCC(CSc2cnn(C(C)(C)C)c(=O)c2Cl)CC1. The first-order valence-electron chi connectivity index (χ1n) is 9.52. The van der Waals surface area contributed by atoms with Crippen molar-refractivity contribution in [1.29, 1.82) is 0 Å². The van der Waals surface area contributed by atoms with E-state index in [1.54, 1.807) is 18.0 Å². The van der Waals surface area contributed by atoms with Gasteiger partial charge in [-0.15, -0.1) is 11.8 Å². The second-order valence-corrected chi connectivity index (χ2v) is 10.8. The summed E-state index contributed by atoms with van der Waals surface area (Å²) in [7, 11) is 0. The lowest BCUT2D eigenvalue weighted by atomic mass is 9.83. The Morgan fingerprint density at radius 2 is 1.73 bits per heavy atom. The van der Waals surface area contributed by atoms with Crippen LogP contribution in [-0.4, -0.2) is 27.7 Å². The third-order valence-corrected chi connectivity index (χ3v) is 6.45. The standard InChI is InChI=1S/C20H33ClN2O2S/c1-19(2,3)23-18(24)17(21)16(11-22-23)26-13-15-9-7-14(8-10-15)12-25-20(4,5)6/h11,14-15H,7-10,12-13H2,1-6H3. The van der Waals surface area contributed by atoms with Gasteiger partial charge in [-0.2, -0.15) is 5.10 Å². The molecule has 1 aliphatic rings. The van der Waals surface area contributed by atoms with Crippen molar-refractivity contribution >= 4 is 23.4 Å². The molecule has 148 valence electrons. The van der Waals surface area contributed by atoms with Crippen molar-refractivity contribution in [3.05, 3.63) is 21.6 Å². The van der Waals surface area contributed by atoms with Gasteiger partial charge in [0, 0.05) is 5.75 Å². The zero-order valence-electron chi connectivity index (χ0n) is 17.0. The van der Waals surface area contributed by atoms with Gasteiger partial charge in [0.1, 0.15) is 5.02 Å². The molecule has 0 atom stereocenters. The van der Waals surface area contributed by atoms with Crippen molar-refractivity contribution in [3.63, 3.8) is 0 Å². The summed E-state index contributed by atoms with van der Waals surface area (Å²) in [5, 5.41) is 4.61. The fraction of sp³-hybridized carbons (Fsp3) is 0.800. The molecule has 4 nitrogen and oxygen atoms in total. The molecule has 1 saturated carbocycles. The molecule has 0 aromatic carbocycles. The smallest absolute Gasteiger partial charge is 0.287 e. The highest BCUT2D eigenvalue weighted by molar-refractivity contribution is 7.99. The maximum Gasteiger partial charge on any atom is 0.287 e. The van der Waals surface area contributed by atoms with Gasteiger partial charge in [0.05, 0.1) is 28.8 Å². The summed E-state index contributed by atoms with van der Waals surface area (Å²) in [5.74, 6) is 2.34. The van der Waals surface area contributed by atoms with Crippen molar-refractivity contribution in [2.75, 3.05) is 12.4 Å². The van der Waals surface area contributed by atoms with Gasteiger partial charge in [0.2, 0.25) is 0 Å². The van der Waals surface area contributed by atoms with Crippen LogP contribution in [0.5, 0.6) is 0 Å². The van der Waals surface area contributed by atoms with Crippen LogP contribution in [0.15, 0.2) is 15.9 Å². The Morgan fingerprint density at radius 3 is 2.27 bits per heavy atom. The lowest BCUT2D eigenvalue weighted by Gasteiger charge is -2.30. The van der Waals surface area contributed by atoms with E-state index in [0.29, 0.717) is 16.9 Å². The minimum Gasteiger partial charge on any atom is -0.376 e. The molecule has 0 radical (unpaired) electrons. The molecule has 0 N–H and O–H groups in total. The number of halogens is 1. The molecule has 26 heavy (non-hydrogen) atoms. The quantitative estimate of drug-likeness (QED) is 0.623. The van der Waals surface area contributed by atoms with E-state index in [0.717, 1.165) is 17.3 Å². The lowest BCUT2D eigenvalue weighted by molar-refractivity contribution is -0.0296. The molecule has 0 bridgehead atoms. The van der Waals surface area contributed by atoms with Crippen LogP contribution >= 0.6 is 23.4 Å². The summed E-state index contributed by atoms with van der Waals surface area (Å²) in [6.45, 7) is 13.1. The van der Waals surface area contributed by atoms with Crippen molar-refractivity contribution in [2.24, 2.45) is 11.8 Å². The molecule has 1 aliphatic carbocycles. The van der Waals surface area contributed by atoms with Crippen molar-refractivity contribution in [2.45, 2.75) is 83.3 Å². The van der Waals surface area contributed by atoms with Crippen LogP contribution in [0, 0.1) is 11.8 Å². The molecule has 0 amide bonds. The lowest BCUT2D eigenvalue weighted by Crippen LogP contribution is -2.36. The van der Waals surface area contributed by atoms with Crippen molar-refractivity contribution in [3.8, 4) is 0 Å². The van der Waals surface area contributed by atoms with Gasteiger partial charge in [0.15, 0.2) is 0 Å². The van der Waals surface area contributed by atoms with Gasteiger partial charge in [-0.1, -0.05) is 11.6 Å². The van der Waals surface area contributed by atoms with Crippen LogP contribution in [0.1, 0.15) is 67.2 Å². The number of nitrogens with zero attached hydrogens (tertiary/aromatic N) is 2. The van der Waals surface area contributed by atoms with E-state index in [9.17, 15) is 4.79 Å². The predicted octanol–water partition coefficient (Wildman–Crippen LogP) is 5.37. The van der Waals surface area contributed by atoms with E-state index in [2.05, 4.69) is 25.9 Å². The van der Waals surface area contributed by atoms with Gasteiger partial charge < -0.3 is 4.74 Å². The summed E-state index contributed by atoms with van der Waals surface area (Å²) in [6.07, 6.45) is 6.62. The summed E-state index contributed by atoms with van der Waals surface area (Å²) in [4.78, 5) is 13.2. The molecule has 0 saturated heterocycles. The van der Waals surface area contributed by atoms with E-state index in [-0.39, 0.29) is 16.7 Å². The molecule has 1 aromatic heterocycles. The summed E-state index contributed by atoms with van der Waals surface area (Å²) < 4.78 is 7.39. The van der Waals surface area contributed by atoms with Crippen LogP contribution in [0.3, 0.4) is 0 Å². The van der Waals surface area contributed by atoms with Gasteiger partial charge in [-0.05, 0) is 79.1 Å². The zero-order chi connectivity index (χ0) is 19.5. The maximum absolute atomic E-state index is 12.4. The van der Waals surface area contributed by atoms with Crippen molar-refractivity contribution in [1.82, 2.24) is 9.78 Å². The third kappa shape index (κ3) is 6.28. The Bertz CT molecular complexity index is 653. The number of thioether (sulfide) groups is 1. The molecule has 1 fully saturated rings. The number of ether oxygens (including phenoxy) is 1. The predicted molar refractivity (Wildman–Crippen MR) is 110 cm³/mol. The summed E-state index contributed by atoms with van der Waals surface area (Å²) in [5.41, 5.74) is -0.617. The largest absolute Gasteiger partial charge is 0.376 e. The normalized spacial score (nSPS) is 21.8. The molecule has 0 aliphatic heterocycles. The van der Waals surface area contributed by atoms with E-state index < -0.39 is 0 Å². The zero-order valence-corrected chi connectivity index (χ0v) is 18.5. The number of hydrogen-bond donors (Lipinski definition) is 0. The fourth-order valence-electron chi connectivity index (χ4n) is 3.14. The molecule has 1 heterocycles. The highest BCUT2D eigenvalue weighted by atomic mass is 35.5. The number of rotatable bonds is 5. The second-order valence-electron chi connectivity index (χ2n) is 9.33. The number of aromatic nitrogens is 2. The molecule has 6 heteroatoms. The van der Waals surface area contributed by atoms with E-state index >= 15 is 0 Å². The molecule has 2 rings (SSSR count). The monoisotopic (exact) mass is 400 g/mol. The molecular weight excluding hydrogens is 368 g/mol. The second kappa shape index (κ2) is 8.66. The Balaban J connectivity index is 1.85. The van der Waals surface area contributed by atoms with E-state index in [1.807, 2.05) is 20.8 Å². The van der Waals surface area contributed by atoms with E-state index in [4.69, 9.17) is 16.3 Å². The van der Waals surface area contributed by atoms with Crippen molar-refractivity contribution < 1.29 is 4.74 Å². The summed E-state index contributed by atoms with van der Waals surface area (Å²) >= 11 is 7.99. The Morgan fingerprint density at radius 1 is 1.15 bits per heavy atom. The van der Waals surface area contributed by atoms with E-state index in [1.165, 1.54) is 30.4 Å². The highest BCUT2D eigenvalue weighted by Crippen LogP contribution is 2.34. The topological polar surface area (TPSA) is 44.1 Å². The van der Waals surface area contributed by atoms with Gasteiger partial charge in [-0.3, -0.25) is 4.79 Å². The van der Waals surface area contributed by atoms with Gasteiger partial charge >= 0.3 is 0 Å². The first-order chi connectivity index (χ1) is 12.0. The average Bonchev–Trinajstić information content (AvgIpc) is 2.53. The molecule has 0 unspecified atom stereocenters. The molecule has 1 aromatic rings. The Hall–Kier alpha value is -0.520.